The van der Waals surface area contributed by atoms with Crippen molar-refractivity contribution in [2.24, 2.45) is 17.8 Å². The van der Waals surface area contributed by atoms with Crippen molar-refractivity contribution in [1.29, 1.82) is 5.26 Å². The van der Waals surface area contributed by atoms with Gasteiger partial charge in [0.2, 0.25) is 0 Å². The van der Waals surface area contributed by atoms with Crippen LogP contribution in [0.4, 0.5) is 0 Å². The van der Waals surface area contributed by atoms with Crippen molar-refractivity contribution >= 4 is 0 Å². The van der Waals surface area contributed by atoms with Gasteiger partial charge >= 0.3 is 0 Å². The summed E-state index contributed by atoms with van der Waals surface area (Å²) in [7, 11) is 0. The molecule has 0 unspecified atom stereocenters. The van der Waals surface area contributed by atoms with E-state index in [9.17, 15) is 0 Å². The van der Waals surface area contributed by atoms with Crippen LogP contribution in [0.2, 0.25) is 0 Å². The van der Waals surface area contributed by atoms with Crippen molar-refractivity contribution in [2.75, 3.05) is 0 Å². The zero-order valence-corrected chi connectivity index (χ0v) is 10.5. The van der Waals surface area contributed by atoms with Gasteiger partial charge in [-0.15, -0.1) is 0 Å². The second-order valence-electron chi connectivity index (χ2n) is 6.61. The summed E-state index contributed by atoms with van der Waals surface area (Å²) in [6.07, 6.45) is 11.6. The average molecular weight is 239 g/mol. The molecule has 0 radical (unpaired) electrons. The van der Waals surface area contributed by atoms with Crippen molar-refractivity contribution < 1.29 is 0 Å². The SMILES string of the molecule is N#Cc1cnc(C23CC4CC(CC(C4)C2)C3)nc1. The molecule has 0 amide bonds. The molecular formula is C15H17N3. The molecule has 4 aliphatic rings. The van der Waals surface area contributed by atoms with Gasteiger partial charge < -0.3 is 0 Å². The smallest absolute Gasteiger partial charge is 0.134 e. The van der Waals surface area contributed by atoms with Crippen LogP contribution in [0, 0.1) is 29.1 Å². The molecule has 3 heteroatoms. The highest BCUT2D eigenvalue weighted by atomic mass is 14.9. The van der Waals surface area contributed by atoms with Crippen molar-refractivity contribution in [2.45, 2.75) is 43.9 Å². The summed E-state index contributed by atoms with van der Waals surface area (Å²) in [5.41, 5.74) is 0.825. The number of nitriles is 1. The van der Waals surface area contributed by atoms with Gasteiger partial charge in [-0.1, -0.05) is 0 Å². The summed E-state index contributed by atoms with van der Waals surface area (Å²) in [5, 5.41) is 8.83. The lowest BCUT2D eigenvalue weighted by molar-refractivity contribution is -0.00941. The molecule has 0 aliphatic heterocycles. The lowest BCUT2D eigenvalue weighted by Gasteiger charge is -2.55. The summed E-state index contributed by atoms with van der Waals surface area (Å²) in [6.45, 7) is 0. The van der Waals surface area contributed by atoms with Gasteiger partial charge in [0.15, 0.2) is 0 Å². The van der Waals surface area contributed by atoms with Gasteiger partial charge in [-0.3, -0.25) is 0 Å². The van der Waals surface area contributed by atoms with Gasteiger partial charge in [-0.2, -0.15) is 5.26 Å². The second kappa shape index (κ2) is 3.54. The van der Waals surface area contributed by atoms with Crippen LogP contribution in [-0.4, -0.2) is 9.97 Å². The summed E-state index contributed by atoms with van der Waals surface area (Å²) < 4.78 is 0. The first-order chi connectivity index (χ1) is 8.77. The molecule has 0 atom stereocenters. The third-order valence-electron chi connectivity index (χ3n) is 5.29. The highest BCUT2D eigenvalue weighted by Crippen LogP contribution is 2.59. The molecule has 0 aromatic carbocycles. The fourth-order valence-corrected chi connectivity index (χ4v) is 5.04. The Morgan fingerprint density at radius 1 is 1.00 bits per heavy atom. The Labute approximate surface area is 107 Å². The standard InChI is InChI=1S/C15H17N3/c16-7-13-8-17-14(18-9-13)15-4-10-1-11(5-15)3-12(2-10)6-15/h8-12H,1-6H2. The Balaban J connectivity index is 1.72. The summed E-state index contributed by atoms with van der Waals surface area (Å²) in [5.74, 6) is 3.75. The molecule has 3 nitrogen and oxygen atoms in total. The molecule has 18 heavy (non-hydrogen) atoms. The van der Waals surface area contributed by atoms with Gasteiger partial charge in [0.1, 0.15) is 11.9 Å². The molecule has 1 aromatic heterocycles. The Hall–Kier alpha value is -1.43. The van der Waals surface area contributed by atoms with Crippen LogP contribution in [0.1, 0.15) is 49.9 Å². The first-order valence-corrected chi connectivity index (χ1v) is 7.00. The number of hydrogen-bond donors (Lipinski definition) is 0. The average Bonchev–Trinajstić information content (AvgIpc) is 2.37. The first-order valence-electron chi connectivity index (χ1n) is 7.00. The lowest BCUT2D eigenvalue weighted by Crippen LogP contribution is -2.49. The molecule has 4 saturated carbocycles. The molecule has 5 rings (SSSR count). The van der Waals surface area contributed by atoms with Gasteiger partial charge in [0.25, 0.3) is 0 Å². The van der Waals surface area contributed by atoms with Gasteiger partial charge in [0.05, 0.1) is 5.56 Å². The lowest BCUT2D eigenvalue weighted by atomic mass is 9.49. The Morgan fingerprint density at radius 2 is 1.50 bits per heavy atom. The molecule has 1 heterocycles. The maximum Gasteiger partial charge on any atom is 0.134 e. The largest absolute Gasteiger partial charge is 0.239 e. The first kappa shape index (κ1) is 10.5. The number of hydrogen-bond acceptors (Lipinski definition) is 3. The quantitative estimate of drug-likeness (QED) is 0.757. The molecule has 0 spiro atoms. The molecule has 92 valence electrons. The van der Waals surface area contributed by atoms with E-state index in [0.717, 1.165) is 23.6 Å². The molecular weight excluding hydrogens is 222 g/mol. The highest BCUT2D eigenvalue weighted by Gasteiger charge is 2.52. The maximum atomic E-state index is 8.83. The van der Waals surface area contributed by atoms with Crippen LogP contribution >= 0.6 is 0 Å². The monoisotopic (exact) mass is 239 g/mol. The van der Waals surface area contributed by atoms with E-state index in [4.69, 9.17) is 5.26 Å². The Morgan fingerprint density at radius 3 is 1.94 bits per heavy atom. The normalized spacial score (nSPS) is 40.7. The van der Waals surface area contributed by atoms with Crippen LogP contribution in [-0.2, 0) is 5.41 Å². The minimum atomic E-state index is 0.253. The molecule has 0 N–H and O–H groups in total. The van der Waals surface area contributed by atoms with E-state index in [1.165, 1.54) is 38.5 Å². The molecule has 4 bridgehead atoms. The van der Waals surface area contributed by atoms with Gasteiger partial charge in [-0.05, 0) is 56.3 Å². The van der Waals surface area contributed by atoms with Crippen LogP contribution in [0.25, 0.3) is 0 Å². The van der Waals surface area contributed by atoms with Crippen LogP contribution < -0.4 is 0 Å². The van der Waals surface area contributed by atoms with E-state index in [1.807, 2.05) is 0 Å². The Bertz CT molecular complexity index is 476. The third-order valence-corrected chi connectivity index (χ3v) is 5.29. The van der Waals surface area contributed by atoms with Crippen molar-refractivity contribution in [3.05, 3.63) is 23.8 Å². The van der Waals surface area contributed by atoms with Crippen molar-refractivity contribution in [3.8, 4) is 6.07 Å². The molecule has 0 saturated heterocycles. The van der Waals surface area contributed by atoms with E-state index in [-0.39, 0.29) is 5.41 Å². The van der Waals surface area contributed by atoms with Crippen LogP contribution in [0.5, 0.6) is 0 Å². The number of rotatable bonds is 1. The van der Waals surface area contributed by atoms with E-state index in [0.29, 0.717) is 5.56 Å². The van der Waals surface area contributed by atoms with E-state index in [2.05, 4.69) is 16.0 Å². The van der Waals surface area contributed by atoms with Crippen molar-refractivity contribution in [3.63, 3.8) is 0 Å². The zero-order chi connectivity index (χ0) is 12.2. The summed E-state index contributed by atoms with van der Waals surface area (Å²) in [4.78, 5) is 9.01. The third kappa shape index (κ3) is 1.41. The predicted molar refractivity (Wildman–Crippen MR) is 66.6 cm³/mol. The maximum absolute atomic E-state index is 8.83. The van der Waals surface area contributed by atoms with Crippen LogP contribution in [0.3, 0.4) is 0 Å². The van der Waals surface area contributed by atoms with Crippen LogP contribution in [0.15, 0.2) is 12.4 Å². The molecule has 1 aromatic rings. The molecule has 4 fully saturated rings. The van der Waals surface area contributed by atoms with Crippen molar-refractivity contribution in [1.82, 2.24) is 9.97 Å². The zero-order valence-electron chi connectivity index (χ0n) is 10.5. The topological polar surface area (TPSA) is 49.6 Å². The molecule has 4 aliphatic carbocycles. The Kier molecular flexibility index (Phi) is 2.06. The highest BCUT2D eigenvalue weighted by molar-refractivity contribution is 5.25. The fraction of sp³-hybridized carbons (Fsp3) is 0.667. The van der Waals surface area contributed by atoms with E-state index < -0.39 is 0 Å². The second-order valence-corrected chi connectivity index (χ2v) is 6.61. The summed E-state index contributed by atoms with van der Waals surface area (Å²) >= 11 is 0. The summed E-state index contributed by atoms with van der Waals surface area (Å²) in [6, 6.07) is 2.10. The number of aromatic nitrogens is 2. The van der Waals surface area contributed by atoms with Gasteiger partial charge in [0, 0.05) is 17.8 Å². The van der Waals surface area contributed by atoms with Gasteiger partial charge in [-0.25, -0.2) is 9.97 Å². The number of nitrogens with zero attached hydrogens (tertiary/aromatic N) is 3. The fourth-order valence-electron chi connectivity index (χ4n) is 5.04. The van der Waals surface area contributed by atoms with E-state index >= 15 is 0 Å². The minimum absolute atomic E-state index is 0.253. The minimum Gasteiger partial charge on any atom is -0.239 e. The predicted octanol–water partition coefficient (Wildman–Crippen LogP) is 2.82. The van der Waals surface area contributed by atoms with E-state index in [1.54, 1.807) is 12.4 Å².